The van der Waals surface area contributed by atoms with E-state index in [0.29, 0.717) is 0 Å². The van der Waals surface area contributed by atoms with Gasteiger partial charge in [0.1, 0.15) is 0 Å². The summed E-state index contributed by atoms with van der Waals surface area (Å²) in [6.45, 7) is 4.79. The summed E-state index contributed by atoms with van der Waals surface area (Å²) in [5, 5.41) is 10.3. The van der Waals surface area contributed by atoms with E-state index in [1.807, 2.05) is 5.32 Å². The second-order valence-electron chi connectivity index (χ2n) is 2.06. The van der Waals surface area contributed by atoms with Crippen LogP contribution in [-0.4, -0.2) is 23.1 Å². The van der Waals surface area contributed by atoms with Crippen LogP contribution in [0.3, 0.4) is 0 Å². The van der Waals surface area contributed by atoms with Crippen molar-refractivity contribution in [2.24, 2.45) is 5.73 Å². The number of rotatable bonds is 3. The highest BCUT2D eigenvalue weighted by Crippen LogP contribution is 1.96. The van der Waals surface area contributed by atoms with Crippen LogP contribution in [0, 0.1) is 0 Å². The molecule has 0 spiro atoms. The topological polar surface area (TPSA) is 92.4 Å². The summed E-state index contributed by atoms with van der Waals surface area (Å²) in [6, 6.07) is -0.634. The van der Waals surface area contributed by atoms with E-state index in [1.165, 1.54) is 6.92 Å². The Hall–Kier alpha value is -1.52. The summed E-state index contributed by atoms with van der Waals surface area (Å²) >= 11 is 0. The minimum absolute atomic E-state index is 0.0485. The molecule has 0 aliphatic heterocycles. The van der Waals surface area contributed by atoms with E-state index >= 15 is 0 Å². The molecule has 0 aromatic rings. The number of amides is 2. The summed E-state index contributed by atoms with van der Waals surface area (Å²) < 4.78 is 0. The summed E-state index contributed by atoms with van der Waals surface area (Å²) in [6.07, 6.45) is -1.21. The monoisotopic (exact) mass is 158 g/mol. The van der Waals surface area contributed by atoms with Gasteiger partial charge in [-0.1, -0.05) is 6.58 Å². The maximum absolute atomic E-state index is 10.4. The number of hydrogen-bond donors (Lipinski definition) is 3. The van der Waals surface area contributed by atoms with E-state index in [1.54, 1.807) is 0 Å². The fourth-order valence-electron chi connectivity index (χ4n) is 0.486. The lowest BCUT2D eigenvalue weighted by Crippen LogP contribution is -2.36. The molecule has 1 unspecified atom stereocenters. The minimum atomic E-state index is -1.21. The maximum atomic E-state index is 10.4. The molecule has 0 rings (SSSR count). The third kappa shape index (κ3) is 3.24. The predicted octanol–water partition coefficient (Wildman–Crippen LogP) is -0.316. The smallest absolute Gasteiger partial charge is 0.405 e. The van der Waals surface area contributed by atoms with Gasteiger partial charge in [0.05, 0.1) is 6.04 Å². The SMILES string of the molecule is C=C(C(N)=O)C(C)NC(=O)O. The lowest BCUT2D eigenvalue weighted by atomic mass is 10.1. The van der Waals surface area contributed by atoms with Gasteiger partial charge in [-0.15, -0.1) is 0 Å². The molecule has 11 heavy (non-hydrogen) atoms. The quantitative estimate of drug-likeness (QED) is 0.491. The van der Waals surface area contributed by atoms with Crippen molar-refractivity contribution in [2.75, 3.05) is 0 Å². The van der Waals surface area contributed by atoms with Crippen molar-refractivity contribution >= 4 is 12.0 Å². The van der Waals surface area contributed by atoms with Crippen molar-refractivity contribution < 1.29 is 14.7 Å². The van der Waals surface area contributed by atoms with Crippen molar-refractivity contribution in [3.05, 3.63) is 12.2 Å². The Morgan fingerprint density at radius 2 is 2.09 bits per heavy atom. The lowest BCUT2D eigenvalue weighted by molar-refractivity contribution is -0.114. The highest BCUT2D eigenvalue weighted by Gasteiger charge is 2.12. The van der Waals surface area contributed by atoms with Crippen LogP contribution in [0.15, 0.2) is 12.2 Å². The zero-order valence-corrected chi connectivity index (χ0v) is 6.13. The van der Waals surface area contributed by atoms with Crippen molar-refractivity contribution in [3.63, 3.8) is 0 Å². The number of carbonyl (C=O) groups excluding carboxylic acids is 1. The van der Waals surface area contributed by atoms with Gasteiger partial charge in [-0.2, -0.15) is 0 Å². The van der Waals surface area contributed by atoms with E-state index in [9.17, 15) is 9.59 Å². The van der Waals surface area contributed by atoms with Crippen LogP contribution in [0.2, 0.25) is 0 Å². The Morgan fingerprint density at radius 3 is 2.36 bits per heavy atom. The Kier molecular flexibility index (Phi) is 3.10. The number of nitrogens with one attached hydrogen (secondary N) is 1. The second kappa shape index (κ2) is 3.60. The molecule has 0 aliphatic rings. The van der Waals surface area contributed by atoms with Gasteiger partial charge in [-0.25, -0.2) is 4.79 Å². The third-order valence-corrected chi connectivity index (χ3v) is 1.18. The van der Waals surface area contributed by atoms with E-state index in [4.69, 9.17) is 10.8 Å². The lowest BCUT2D eigenvalue weighted by Gasteiger charge is -2.10. The van der Waals surface area contributed by atoms with Gasteiger partial charge in [0, 0.05) is 5.57 Å². The molecule has 0 fully saturated rings. The molecule has 62 valence electrons. The first-order valence-electron chi connectivity index (χ1n) is 2.93. The molecule has 0 aliphatic carbocycles. The molecular formula is C6H10N2O3. The molecule has 0 radical (unpaired) electrons. The number of carbonyl (C=O) groups is 2. The first-order chi connectivity index (χ1) is 4.95. The van der Waals surface area contributed by atoms with E-state index in [0.717, 1.165) is 0 Å². The fourth-order valence-corrected chi connectivity index (χ4v) is 0.486. The molecule has 0 aromatic heterocycles. The van der Waals surface area contributed by atoms with E-state index < -0.39 is 18.0 Å². The Bertz CT molecular complexity index is 200. The van der Waals surface area contributed by atoms with Gasteiger partial charge in [-0.3, -0.25) is 4.79 Å². The molecule has 5 nitrogen and oxygen atoms in total. The molecule has 0 saturated carbocycles. The third-order valence-electron chi connectivity index (χ3n) is 1.18. The zero-order valence-electron chi connectivity index (χ0n) is 6.13. The van der Waals surface area contributed by atoms with Crippen LogP contribution in [0.4, 0.5) is 4.79 Å². The number of primary amides is 1. The standard InChI is InChI=1S/C6H10N2O3/c1-3(5(7)9)4(2)8-6(10)11/h4,8H,1H2,2H3,(H2,7,9)(H,10,11). The molecule has 1 atom stereocenters. The molecule has 5 heteroatoms. The largest absolute Gasteiger partial charge is 0.465 e. The van der Waals surface area contributed by atoms with Crippen LogP contribution in [0.1, 0.15) is 6.92 Å². The normalized spacial score (nSPS) is 11.7. The zero-order chi connectivity index (χ0) is 9.02. The number of nitrogens with two attached hydrogens (primary N) is 1. The van der Waals surface area contributed by atoms with Crippen LogP contribution >= 0.6 is 0 Å². The van der Waals surface area contributed by atoms with Crippen molar-refractivity contribution in [3.8, 4) is 0 Å². The van der Waals surface area contributed by atoms with Crippen molar-refractivity contribution in [2.45, 2.75) is 13.0 Å². The minimum Gasteiger partial charge on any atom is -0.465 e. The summed E-state index contributed by atoms with van der Waals surface area (Å²) in [5.74, 6) is -0.703. The van der Waals surface area contributed by atoms with Crippen LogP contribution in [0.5, 0.6) is 0 Å². The molecule has 0 bridgehead atoms. The predicted molar refractivity (Wildman–Crippen MR) is 39.0 cm³/mol. The highest BCUT2D eigenvalue weighted by molar-refractivity contribution is 5.93. The molecule has 0 heterocycles. The molecule has 0 saturated heterocycles. The van der Waals surface area contributed by atoms with Gasteiger partial charge in [0.25, 0.3) is 0 Å². The Labute approximate surface area is 63.9 Å². The highest BCUT2D eigenvalue weighted by atomic mass is 16.4. The van der Waals surface area contributed by atoms with Gasteiger partial charge in [-0.05, 0) is 6.92 Å². The van der Waals surface area contributed by atoms with Crippen LogP contribution in [-0.2, 0) is 4.79 Å². The first kappa shape index (κ1) is 9.48. The van der Waals surface area contributed by atoms with Crippen LogP contribution in [0.25, 0.3) is 0 Å². The Balaban J connectivity index is 4.03. The van der Waals surface area contributed by atoms with Crippen LogP contribution < -0.4 is 11.1 Å². The molecule has 4 N–H and O–H groups in total. The van der Waals surface area contributed by atoms with Crippen molar-refractivity contribution in [1.29, 1.82) is 0 Å². The van der Waals surface area contributed by atoms with Gasteiger partial charge in [0.2, 0.25) is 5.91 Å². The summed E-state index contributed by atoms with van der Waals surface area (Å²) in [4.78, 5) is 20.4. The second-order valence-corrected chi connectivity index (χ2v) is 2.06. The van der Waals surface area contributed by atoms with Crippen molar-refractivity contribution in [1.82, 2.24) is 5.32 Å². The van der Waals surface area contributed by atoms with E-state index in [2.05, 4.69) is 6.58 Å². The average Bonchev–Trinajstić information content (AvgIpc) is 1.84. The van der Waals surface area contributed by atoms with Gasteiger partial charge in [0.15, 0.2) is 0 Å². The molecule has 0 aromatic carbocycles. The van der Waals surface area contributed by atoms with Gasteiger partial charge >= 0.3 is 6.09 Å². The van der Waals surface area contributed by atoms with E-state index in [-0.39, 0.29) is 5.57 Å². The number of hydrogen-bond acceptors (Lipinski definition) is 2. The fraction of sp³-hybridized carbons (Fsp3) is 0.333. The summed E-state index contributed by atoms with van der Waals surface area (Å²) in [7, 11) is 0. The first-order valence-corrected chi connectivity index (χ1v) is 2.93. The van der Waals surface area contributed by atoms with Gasteiger partial charge < -0.3 is 16.2 Å². The number of carboxylic acid groups (broad SMARTS) is 1. The maximum Gasteiger partial charge on any atom is 0.405 e. The summed E-state index contributed by atoms with van der Waals surface area (Å²) in [5.41, 5.74) is 4.89. The molecular weight excluding hydrogens is 148 g/mol. The average molecular weight is 158 g/mol. The Morgan fingerprint density at radius 1 is 1.64 bits per heavy atom. The molecule has 2 amide bonds.